The summed E-state index contributed by atoms with van der Waals surface area (Å²) < 4.78 is 0. The number of anilines is 1. The summed E-state index contributed by atoms with van der Waals surface area (Å²) in [6.07, 6.45) is 4.35. The number of carboxylic acid groups (broad SMARTS) is 2. The highest BCUT2D eigenvalue weighted by atomic mass is 35.5. The Balaban J connectivity index is 1.43. The van der Waals surface area contributed by atoms with Crippen LogP contribution in [-0.4, -0.2) is 52.7 Å². The highest BCUT2D eigenvalue weighted by Crippen LogP contribution is 2.38. The Hall–Kier alpha value is -3.95. The lowest BCUT2D eigenvalue weighted by atomic mass is 9.81. The lowest BCUT2D eigenvalue weighted by Crippen LogP contribution is -2.31. The third kappa shape index (κ3) is 7.34. The molecule has 0 aliphatic carbocycles. The zero-order valence-electron chi connectivity index (χ0n) is 21.3. The van der Waals surface area contributed by atoms with E-state index in [4.69, 9.17) is 11.6 Å². The summed E-state index contributed by atoms with van der Waals surface area (Å²) in [5.74, 6) is -4.01. The summed E-state index contributed by atoms with van der Waals surface area (Å²) in [4.78, 5) is 39.9. The predicted molar refractivity (Wildman–Crippen MR) is 148 cm³/mol. The fourth-order valence-corrected chi connectivity index (χ4v) is 5.15. The number of nitrogens with one attached hydrogen (secondary N) is 3. The maximum absolute atomic E-state index is 12.5. The molecule has 4 rings (SSSR count). The first-order valence-electron chi connectivity index (χ1n) is 12.8. The Labute approximate surface area is 231 Å². The molecule has 0 bridgehead atoms. The van der Waals surface area contributed by atoms with Crippen LogP contribution in [0.2, 0.25) is 5.02 Å². The molecular weight excluding hydrogens is 520 g/mol. The first-order valence-corrected chi connectivity index (χ1v) is 13.2. The Morgan fingerprint density at radius 1 is 1.08 bits per heavy atom. The molecule has 2 aromatic carbocycles. The summed E-state index contributed by atoms with van der Waals surface area (Å²) >= 11 is 6.56. The quantitative estimate of drug-likeness (QED) is 0.243. The van der Waals surface area contributed by atoms with Gasteiger partial charge in [-0.1, -0.05) is 35.9 Å². The van der Waals surface area contributed by atoms with E-state index in [1.165, 1.54) is 0 Å². The van der Waals surface area contributed by atoms with Gasteiger partial charge in [-0.3, -0.25) is 19.4 Å². The standard InChI is InChI=1S/C29H31ClN4O5/c30-25-8-7-21-22(10-12-32-17-24(21)23(29(38)39)14-26(35)36)27(25)34-16-19-3-5-20(6-4-19)28(37)33-13-9-18-2-1-11-31-15-18/h1-8,11,15,23-24,32,34H,9-10,12-14,16-17H2,(H,33,37)(H,35,36)(H,38,39). The van der Waals surface area contributed by atoms with E-state index in [1.807, 2.05) is 24.3 Å². The number of carbonyl (C=O) groups is 3. The molecule has 0 saturated heterocycles. The molecule has 1 aromatic heterocycles. The van der Waals surface area contributed by atoms with Gasteiger partial charge in [0.1, 0.15) is 0 Å². The first kappa shape index (κ1) is 28.1. The van der Waals surface area contributed by atoms with Gasteiger partial charge in [0.25, 0.3) is 5.91 Å². The lowest BCUT2D eigenvalue weighted by Gasteiger charge is -2.25. The van der Waals surface area contributed by atoms with Crippen LogP contribution in [0.25, 0.3) is 0 Å². The van der Waals surface area contributed by atoms with E-state index in [1.54, 1.807) is 36.7 Å². The molecule has 3 aromatic rings. The Morgan fingerprint density at radius 2 is 1.87 bits per heavy atom. The van der Waals surface area contributed by atoms with Gasteiger partial charge < -0.3 is 26.2 Å². The molecule has 0 saturated carbocycles. The predicted octanol–water partition coefficient (Wildman–Crippen LogP) is 3.72. The van der Waals surface area contributed by atoms with Crippen molar-refractivity contribution in [1.29, 1.82) is 0 Å². The smallest absolute Gasteiger partial charge is 0.307 e. The highest BCUT2D eigenvalue weighted by molar-refractivity contribution is 6.33. The van der Waals surface area contributed by atoms with E-state index in [2.05, 4.69) is 20.9 Å². The molecule has 10 heteroatoms. The molecule has 1 aliphatic rings. The Morgan fingerprint density at radius 3 is 2.56 bits per heavy atom. The van der Waals surface area contributed by atoms with Crippen LogP contribution in [0.5, 0.6) is 0 Å². The number of pyridine rings is 1. The molecule has 39 heavy (non-hydrogen) atoms. The van der Waals surface area contributed by atoms with Gasteiger partial charge in [-0.25, -0.2) is 0 Å². The number of fused-ring (bicyclic) bond motifs is 1. The van der Waals surface area contributed by atoms with Crippen LogP contribution in [-0.2, 0) is 29.0 Å². The number of carboxylic acids is 2. The number of amides is 1. The van der Waals surface area contributed by atoms with Crippen LogP contribution in [0, 0.1) is 5.92 Å². The number of nitrogens with zero attached hydrogens (tertiary/aromatic N) is 1. The molecule has 0 fully saturated rings. The molecule has 1 aliphatic heterocycles. The molecule has 9 nitrogen and oxygen atoms in total. The van der Waals surface area contributed by atoms with E-state index in [9.17, 15) is 24.6 Å². The lowest BCUT2D eigenvalue weighted by molar-refractivity contribution is -0.149. The molecule has 2 heterocycles. The van der Waals surface area contributed by atoms with Crippen LogP contribution in [0.1, 0.15) is 45.0 Å². The molecule has 0 spiro atoms. The summed E-state index contributed by atoms with van der Waals surface area (Å²) in [6, 6.07) is 14.6. The van der Waals surface area contributed by atoms with Crippen LogP contribution in [0.3, 0.4) is 0 Å². The summed E-state index contributed by atoms with van der Waals surface area (Å²) in [5.41, 5.74) is 4.94. The van der Waals surface area contributed by atoms with E-state index in [-0.39, 0.29) is 5.91 Å². The second-order valence-electron chi connectivity index (χ2n) is 9.51. The van der Waals surface area contributed by atoms with Crippen molar-refractivity contribution in [2.24, 2.45) is 5.92 Å². The average molecular weight is 551 g/mol. The second-order valence-corrected chi connectivity index (χ2v) is 9.92. The molecule has 204 valence electrons. The maximum Gasteiger partial charge on any atom is 0.307 e. The average Bonchev–Trinajstić information content (AvgIpc) is 3.14. The minimum atomic E-state index is -1.15. The van der Waals surface area contributed by atoms with Crippen molar-refractivity contribution in [3.05, 3.63) is 93.8 Å². The zero-order chi connectivity index (χ0) is 27.8. The molecule has 1 amide bonds. The Bertz CT molecular complexity index is 1320. The van der Waals surface area contributed by atoms with Gasteiger partial charge in [-0.15, -0.1) is 0 Å². The number of aliphatic carboxylic acids is 2. The van der Waals surface area contributed by atoms with Crippen molar-refractivity contribution < 1.29 is 24.6 Å². The summed E-state index contributed by atoms with van der Waals surface area (Å²) in [6.45, 7) is 1.93. The van der Waals surface area contributed by atoms with Crippen LogP contribution >= 0.6 is 11.6 Å². The fourth-order valence-electron chi connectivity index (χ4n) is 4.91. The number of hydrogen-bond donors (Lipinski definition) is 5. The third-order valence-corrected chi connectivity index (χ3v) is 7.23. The van der Waals surface area contributed by atoms with Gasteiger partial charge >= 0.3 is 11.9 Å². The monoisotopic (exact) mass is 550 g/mol. The minimum absolute atomic E-state index is 0.150. The van der Waals surface area contributed by atoms with Gasteiger partial charge in [0.05, 0.1) is 23.0 Å². The zero-order valence-corrected chi connectivity index (χ0v) is 22.1. The SMILES string of the molecule is O=C(O)CC(C(=O)O)C1CNCCc2c1ccc(Cl)c2NCc1ccc(C(=O)NCCc2cccnc2)cc1. The normalized spacial score (nSPS) is 15.5. The highest BCUT2D eigenvalue weighted by Gasteiger charge is 2.34. The summed E-state index contributed by atoms with van der Waals surface area (Å²) in [7, 11) is 0. The number of aromatic nitrogens is 1. The van der Waals surface area contributed by atoms with Crippen LogP contribution < -0.4 is 16.0 Å². The number of hydrogen-bond acceptors (Lipinski definition) is 6. The molecular formula is C29H31ClN4O5. The van der Waals surface area contributed by atoms with Crippen molar-refractivity contribution in [2.75, 3.05) is 25.0 Å². The van der Waals surface area contributed by atoms with Gasteiger partial charge in [0.2, 0.25) is 0 Å². The van der Waals surface area contributed by atoms with Gasteiger partial charge in [0, 0.05) is 43.5 Å². The van der Waals surface area contributed by atoms with Crippen LogP contribution in [0.4, 0.5) is 5.69 Å². The van der Waals surface area contributed by atoms with Crippen molar-refractivity contribution in [3.63, 3.8) is 0 Å². The van der Waals surface area contributed by atoms with E-state index in [0.29, 0.717) is 55.3 Å². The number of rotatable bonds is 11. The van der Waals surface area contributed by atoms with Crippen molar-refractivity contribution in [2.45, 2.75) is 31.7 Å². The van der Waals surface area contributed by atoms with E-state index in [0.717, 1.165) is 22.3 Å². The van der Waals surface area contributed by atoms with Crippen molar-refractivity contribution in [3.8, 4) is 0 Å². The number of benzene rings is 2. The van der Waals surface area contributed by atoms with Crippen molar-refractivity contribution >= 4 is 35.1 Å². The first-order chi connectivity index (χ1) is 18.8. The van der Waals surface area contributed by atoms with E-state index >= 15 is 0 Å². The largest absolute Gasteiger partial charge is 0.481 e. The molecule has 2 unspecified atom stereocenters. The van der Waals surface area contributed by atoms with E-state index < -0.39 is 30.2 Å². The van der Waals surface area contributed by atoms with Gasteiger partial charge in [0.15, 0.2) is 0 Å². The molecule has 2 atom stereocenters. The maximum atomic E-state index is 12.5. The molecule has 0 radical (unpaired) electrons. The van der Waals surface area contributed by atoms with Crippen molar-refractivity contribution in [1.82, 2.24) is 15.6 Å². The second kappa shape index (κ2) is 13.2. The Kier molecular flexibility index (Phi) is 9.51. The number of carbonyl (C=O) groups excluding carboxylic acids is 1. The topological polar surface area (TPSA) is 141 Å². The van der Waals surface area contributed by atoms with Gasteiger partial charge in [-0.2, -0.15) is 0 Å². The third-order valence-electron chi connectivity index (χ3n) is 6.92. The molecule has 5 N–H and O–H groups in total. The van der Waals surface area contributed by atoms with Gasteiger partial charge in [-0.05, 0) is 65.9 Å². The van der Waals surface area contributed by atoms with Crippen LogP contribution in [0.15, 0.2) is 60.9 Å². The fraction of sp³-hybridized carbons (Fsp3) is 0.310. The summed E-state index contributed by atoms with van der Waals surface area (Å²) in [5, 5.41) is 29.1. The number of halogens is 1. The minimum Gasteiger partial charge on any atom is -0.481 e.